The van der Waals surface area contributed by atoms with E-state index >= 15 is 0 Å². The Kier molecular flexibility index (Phi) is 4.59. The highest BCUT2D eigenvalue weighted by Crippen LogP contribution is 2.65. The molecule has 0 N–H and O–H groups in total. The Morgan fingerprint density at radius 1 is 1.20 bits per heavy atom. The van der Waals surface area contributed by atoms with E-state index in [4.69, 9.17) is 27.5 Å². The van der Waals surface area contributed by atoms with Crippen molar-refractivity contribution in [1.82, 2.24) is 5.01 Å². The zero-order valence-electron chi connectivity index (χ0n) is 16.5. The van der Waals surface area contributed by atoms with Crippen LogP contribution in [0.15, 0.2) is 29.4 Å². The number of carbonyl (C=O) groups is 2. The van der Waals surface area contributed by atoms with Crippen molar-refractivity contribution in [2.75, 3.05) is 13.2 Å². The molecular formula is C23H21ClN2O4. The minimum absolute atomic E-state index is 0.0607. The number of nitrogens with zero attached hydrogens (tertiary/aromatic N) is 2. The Hall–Kier alpha value is -2.78. The van der Waals surface area contributed by atoms with Crippen molar-refractivity contribution in [2.24, 2.45) is 40.6 Å². The first kappa shape index (κ1) is 19.2. The predicted molar refractivity (Wildman–Crippen MR) is 111 cm³/mol. The first-order valence-corrected chi connectivity index (χ1v) is 10.6. The van der Waals surface area contributed by atoms with Gasteiger partial charge in [0.25, 0.3) is 11.8 Å². The standard InChI is InChI=1S/C23H21ClN2O4/c1-3-7-30-21-17(24)8-12(9-18(21)29-4-2)11-25-26-22(27)19-13-5-6-14(16-10-15(13)16)20(19)23(26)28/h1,5-6,8-9,11,13-16,19-20H,4,7,10H2,2H3/b25-11-/t13-,14-,15-,16-,19+,20+/m1/s1. The van der Waals surface area contributed by atoms with Crippen molar-refractivity contribution < 1.29 is 19.1 Å². The minimum Gasteiger partial charge on any atom is -0.490 e. The Balaban J connectivity index is 1.40. The minimum atomic E-state index is -0.268. The van der Waals surface area contributed by atoms with Crippen LogP contribution in [0.2, 0.25) is 5.02 Å². The van der Waals surface area contributed by atoms with Crippen molar-refractivity contribution in [1.29, 1.82) is 0 Å². The Morgan fingerprint density at radius 2 is 1.87 bits per heavy atom. The van der Waals surface area contributed by atoms with Crippen molar-refractivity contribution in [3.63, 3.8) is 0 Å². The van der Waals surface area contributed by atoms with Crippen LogP contribution in [0, 0.1) is 47.9 Å². The molecule has 4 aliphatic carbocycles. The first-order chi connectivity index (χ1) is 14.5. The monoisotopic (exact) mass is 424 g/mol. The van der Waals surface area contributed by atoms with E-state index in [9.17, 15) is 9.59 Å². The first-order valence-electron chi connectivity index (χ1n) is 10.2. The van der Waals surface area contributed by atoms with Gasteiger partial charge in [0, 0.05) is 0 Å². The molecule has 1 aliphatic heterocycles. The molecule has 6 nitrogen and oxygen atoms in total. The number of benzene rings is 1. The quantitative estimate of drug-likeness (QED) is 0.304. The summed E-state index contributed by atoms with van der Waals surface area (Å²) in [5.41, 5.74) is 0.593. The summed E-state index contributed by atoms with van der Waals surface area (Å²) in [5, 5.41) is 5.60. The summed E-state index contributed by atoms with van der Waals surface area (Å²) >= 11 is 6.33. The average molecular weight is 425 g/mol. The third-order valence-corrected chi connectivity index (χ3v) is 6.87. The highest BCUT2D eigenvalue weighted by Gasteiger charge is 2.67. The molecule has 1 aromatic rings. The van der Waals surface area contributed by atoms with Crippen LogP contribution in [0.25, 0.3) is 0 Å². The van der Waals surface area contributed by atoms with E-state index in [0.717, 1.165) is 11.4 Å². The van der Waals surface area contributed by atoms with Gasteiger partial charge in [-0.2, -0.15) is 10.1 Å². The summed E-state index contributed by atoms with van der Waals surface area (Å²) in [7, 11) is 0. The molecule has 1 aromatic carbocycles. The zero-order chi connectivity index (χ0) is 21.0. The molecule has 154 valence electrons. The lowest BCUT2D eigenvalue weighted by molar-refractivity contribution is -0.140. The maximum atomic E-state index is 13.0. The molecule has 1 saturated heterocycles. The second kappa shape index (κ2) is 7.17. The fourth-order valence-corrected chi connectivity index (χ4v) is 5.63. The van der Waals surface area contributed by atoms with Crippen molar-refractivity contribution >= 4 is 29.6 Å². The van der Waals surface area contributed by atoms with Gasteiger partial charge in [-0.25, -0.2) is 0 Å². The van der Waals surface area contributed by atoms with Crippen LogP contribution in [0.3, 0.4) is 0 Å². The van der Waals surface area contributed by atoms with Crippen LogP contribution in [0.4, 0.5) is 0 Å². The molecular weight excluding hydrogens is 404 g/mol. The molecule has 2 saturated carbocycles. The number of imide groups is 1. The van der Waals surface area contributed by atoms with Gasteiger partial charge in [0.1, 0.15) is 6.61 Å². The number of ether oxygens (including phenoxy) is 2. The lowest BCUT2D eigenvalue weighted by Gasteiger charge is -2.37. The number of amides is 2. The third-order valence-electron chi connectivity index (χ3n) is 6.59. The number of carbonyl (C=O) groups excluding carboxylic acids is 2. The maximum absolute atomic E-state index is 13.0. The summed E-state index contributed by atoms with van der Waals surface area (Å²) in [6, 6.07) is 3.33. The summed E-state index contributed by atoms with van der Waals surface area (Å²) in [4.78, 5) is 26.0. The third kappa shape index (κ3) is 2.84. The second-order valence-electron chi connectivity index (χ2n) is 8.14. The van der Waals surface area contributed by atoms with Gasteiger partial charge in [0.05, 0.1) is 29.7 Å². The normalized spacial score (nSPS) is 32.9. The number of terminal acetylenes is 1. The topological polar surface area (TPSA) is 68.2 Å². The second-order valence-corrected chi connectivity index (χ2v) is 8.55. The molecule has 3 fully saturated rings. The highest BCUT2D eigenvalue weighted by atomic mass is 35.5. The molecule has 30 heavy (non-hydrogen) atoms. The highest BCUT2D eigenvalue weighted by molar-refractivity contribution is 6.32. The summed E-state index contributed by atoms with van der Waals surface area (Å²) in [6.07, 6.45) is 12.1. The van der Waals surface area contributed by atoms with Gasteiger partial charge < -0.3 is 9.47 Å². The van der Waals surface area contributed by atoms with Gasteiger partial charge in [0.2, 0.25) is 0 Å². The Labute approximate surface area is 179 Å². The molecule has 6 rings (SSSR count). The van der Waals surface area contributed by atoms with Crippen LogP contribution in [0.5, 0.6) is 11.5 Å². The molecule has 6 atom stereocenters. The van der Waals surface area contributed by atoms with E-state index in [1.54, 1.807) is 12.1 Å². The summed E-state index contributed by atoms with van der Waals surface area (Å²) in [5.74, 6) is 3.71. The smallest absolute Gasteiger partial charge is 0.254 e. The molecule has 2 amide bonds. The molecule has 0 aromatic heterocycles. The molecule has 5 aliphatic rings. The van der Waals surface area contributed by atoms with Crippen molar-refractivity contribution in [3.8, 4) is 23.8 Å². The number of allylic oxidation sites excluding steroid dienone is 2. The fraction of sp³-hybridized carbons (Fsp3) is 0.435. The van der Waals surface area contributed by atoms with E-state index in [-0.39, 0.29) is 42.1 Å². The predicted octanol–water partition coefficient (Wildman–Crippen LogP) is 3.14. The Morgan fingerprint density at radius 3 is 2.47 bits per heavy atom. The van der Waals surface area contributed by atoms with Crippen LogP contribution in [0.1, 0.15) is 18.9 Å². The number of halogens is 1. The van der Waals surface area contributed by atoms with E-state index in [1.807, 2.05) is 6.92 Å². The van der Waals surface area contributed by atoms with Crippen LogP contribution in [-0.2, 0) is 9.59 Å². The van der Waals surface area contributed by atoms with Gasteiger partial charge in [0.15, 0.2) is 11.5 Å². The molecule has 0 spiro atoms. The lowest BCUT2D eigenvalue weighted by atomic mass is 9.63. The van der Waals surface area contributed by atoms with Crippen molar-refractivity contribution in [2.45, 2.75) is 13.3 Å². The number of hydrogen-bond donors (Lipinski definition) is 0. The fourth-order valence-electron chi connectivity index (χ4n) is 5.36. The number of hydrazone groups is 1. The van der Waals surface area contributed by atoms with E-state index in [1.165, 1.54) is 6.21 Å². The maximum Gasteiger partial charge on any atom is 0.254 e. The number of hydrogen-bond acceptors (Lipinski definition) is 5. The molecule has 0 radical (unpaired) electrons. The summed E-state index contributed by atoms with van der Waals surface area (Å²) < 4.78 is 11.1. The molecule has 7 heteroatoms. The van der Waals surface area contributed by atoms with E-state index in [2.05, 4.69) is 23.2 Å². The lowest BCUT2D eigenvalue weighted by Crippen LogP contribution is -2.40. The average Bonchev–Trinajstić information content (AvgIpc) is 3.51. The Bertz CT molecular complexity index is 991. The van der Waals surface area contributed by atoms with Crippen LogP contribution in [-0.4, -0.2) is 36.3 Å². The van der Waals surface area contributed by atoms with Gasteiger partial charge in [-0.15, -0.1) is 6.42 Å². The van der Waals surface area contributed by atoms with Crippen molar-refractivity contribution in [3.05, 3.63) is 34.9 Å². The van der Waals surface area contributed by atoms with Gasteiger partial charge >= 0.3 is 0 Å². The van der Waals surface area contributed by atoms with Gasteiger partial charge in [-0.3, -0.25) is 9.59 Å². The molecule has 2 bridgehead atoms. The molecule has 1 heterocycles. The van der Waals surface area contributed by atoms with Gasteiger partial charge in [-0.1, -0.05) is 29.7 Å². The number of rotatable bonds is 6. The molecule has 0 unspecified atom stereocenters. The summed E-state index contributed by atoms with van der Waals surface area (Å²) in [6.45, 7) is 2.31. The van der Waals surface area contributed by atoms with E-state index in [0.29, 0.717) is 40.5 Å². The van der Waals surface area contributed by atoms with Gasteiger partial charge in [-0.05, 0) is 54.7 Å². The van der Waals surface area contributed by atoms with Crippen LogP contribution < -0.4 is 9.47 Å². The largest absolute Gasteiger partial charge is 0.490 e. The SMILES string of the molecule is C#CCOc1c(Cl)cc(/C=N\N2C(=O)[C@H]3[C@@H]4C=C[C@H]([C@H]5C[C@H]45)[C@@H]3C2=O)cc1OCC. The van der Waals surface area contributed by atoms with Crippen LogP contribution >= 0.6 is 11.6 Å². The van der Waals surface area contributed by atoms with E-state index < -0.39 is 0 Å². The zero-order valence-corrected chi connectivity index (χ0v) is 17.2.